The molecule has 7 heteroatoms. The van der Waals surface area contributed by atoms with E-state index in [4.69, 9.17) is 16.3 Å². The standard InChI is InChI=1S/C16H14ClFN4O/c1-10-20-16(22-21-10)19-9-13-14(17)3-2-4-15(13)23-12-7-5-11(18)6-8-12/h2-8H,9H2,1H3,(H2,19,20,21,22). The van der Waals surface area contributed by atoms with E-state index in [0.29, 0.717) is 34.8 Å². The van der Waals surface area contributed by atoms with Gasteiger partial charge in [0.05, 0.1) is 0 Å². The molecule has 118 valence electrons. The van der Waals surface area contributed by atoms with E-state index in [1.54, 1.807) is 37.3 Å². The number of aromatic nitrogens is 3. The SMILES string of the molecule is Cc1n[nH]c(NCc2c(Cl)cccc2Oc2ccc(F)cc2)n1. The minimum absolute atomic E-state index is 0.314. The summed E-state index contributed by atoms with van der Waals surface area (Å²) in [5, 5.41) is 10.4. The highest BCUT2D eigenvalue weighted by atomic mass is 35.5. The summed E-state index contributed by atoms with van der Waals surface area (Å²) < 4.78 is 18.8. The van der Waals surface area contributed by atoms with E-state index >= 15 is 0 Å². The predicted molar refractivity (Wildman–Crippen MR) is 86.4 cm³/mol. The molecule has 0 bridgehead atoms. The molecule has 0 fully saturated rings. The van der Waals surface area contributed by atoms with E-state index < -0.39 is 0 Å². The topological polar surface area (TPSA) is 62.8 Å². The molecule has 0 aliphatic carbocycles. The first-order chi connectivity index (χ1) is 11.1. The fourth-order valence-corrected chi connectivity index (χ4v) is 2.27. The zero-order valence-corrected chi connectivity index (χ0v) is 13.1. The van der Waals surface area contributed by atoms with Gasteiger partial charge in [-0.1, -0.05) is 17.7 Å². The molecular formula is C16H14ClFN4O. The van der Waals surface area contributed by atoms with E-state index in [2.05, 4.69) is 20.5 Å². The number of H-pyrrole nitrogens is 1. The highest BCUT2D eigenvalue weighted by Crippen LogP contribution is 2.31. The zero-order valence-electron chi connectivity index (χ0n) is 12.3. The van der Waals surface area contributed by atoms with Crippen molar-refractivity contribution in [2.75, 3.05) is 5.32 Å². The summed E-state index contributed by atoms with van der Waals surface area (Å²) in [6.45, 7) is 2.20. The molecule has 3 rings (SSSR count). The number of rotatable bonds is 5. The Hall–Kier alpha value is -2.60. The lowest BCUT2D eigenvalue weighted by atomic mass is 10.2. The Morgan fingerprint density at radius 3 is 2.70 bits per heavy atom. The predicted octanol–water partition coefficient (Wildman–Crippen LogP) is 4.31. The van der Waals surface area contributed by atoms with Gasteiger partial charge in [0.15, 0.2) is 0 Å². The second kappa shape index (κ2) is 6.66. The van der Waals surface area contributed by atoms with Crippen molar-refractivity contribution in [3.8, 4) is 11.5 Å². The fourth-order valence-electron chi connectivity index (χ4n) is 2.03. The average molecular weight is 333 g/mol. The number of halogens is 2. The summed E-state index contributed by atoms with van der Waals surface area (Å²) in [4.78, 5) is 4.18. The van der Waals surface area contributed by atoms with Gasteiger partial charge in [-0.25, -0.2) is 9.49 Å². The molecule has 0 atom stereocenters. The van der Waals surface area contributed by atoms with Crippen molar-refractivity contribution in [2.45, 2.75) is 13.5 Å². The summed E-state index contributed by atoms with van der Waals surface area (Å²) in [6.07, 6.45) is 0. The molecule has 2 N–H and O–H groups in total. The number of nitrogens with one attached hydrogen (secondary N) is 2. The van der Waals surface area contributed by atoms with Crippen molar-refractivity contribution >= 4 is 17.5 Å². The number of aryl methyl sites for hydroxylation is 1. The van der Waals surface area contributed by atoms with Gasteiger partial charge in [-0.15, -0.1) is 0 Å². The normalized spacial score (nSPS) is 10.6. The molecule has 0 spiro atoms. The van der Waals surface area contributed by atoms with E-state index in [1.165, 1.54) is 12.1 Å². The lowest BCUT2D eigenvalue weighted by Gasteiger charge is -2.13. The average Bonchev–Trinajstić information content (AvgIpc) is 2.94. The summed E-state index contributed by atoms with van der Waals surface area (Å²) in [7, 11) is 0. The molecule has 0 unspecified atom stereocenters. The second-order valence-electron chi connectivity index (χ2n) is 4.86. The van der Waals surface area contributed by atoms with Gasteiger partial charge in [-0.2, -0.15) is 10.1 Å². The number of nitrogens with zero attached hydrogens (tertiary/aromatic N) is 2. The van der Waals surface area contributed by atoms with Crippen LogP contribution in [0.5, 0.6) is 11.5 Å². The maximum Gasteiger partial charge on any atom is 0.218 e. The van der Waals surface area contributed by atoms with Crippen molar-refractivity contribution in [1.82, 2.24) is 15.2 Å². The van der Waals surface area contributed by atoms with Gasteiger partial charge in [0.25, 0.3) is 0 Å². The number of hydrogen-bond acceptors (Lipinski definition) is 4. The number of hydrogen-bond donors (Lipinski definition) is 2. The minimum Gasteiger partial charge on any atom is -0.457 e. The molecule has 0 saturated carbocycles. The Kier molecular flexibility index (Phi) is 4.43. The third-order valence-electron chi connectivity index (χ3n) is 3.15. The van der Waals surface area contributed by atoms with Crippen LogP contribution in [0.25, 0.3) is 0 Å². The smallest absolute Gasteiger partial charge is 0.218 e. The Labute approximate surface area is 137 Å². The van der Waals surface area contributed by atoms with Gasteiger partial charge >= 0.3 is 0 Å². The molecule has 1 heterocycles. The van der Waals surface area contributed by atoms with E-state index in [9.17, 15) is 4.39 Å². The van der Waals surface area contributed by atoms with Crippen LogP contribution in [-0.4, -0.2) is 15.2 Å². The van der Waals surface area contributed by atoms with Crippen LogP contribution in [0.2, 0.25) is 5.02 Å². The van der Waals surface area contributed by atoms with Crippen molar-refractivity contribution < 1.29 is 9.13 Å². The van der Waals surface area contributed by atoms with Crippen LogP contribution in [0.4, 0.5) is 10.3 Å². The monoisotopic (exact) mass is 332 g/mol. The van der Waals surface area contributed by atoms with E-state index in [0.717, 1.165) is 5.56 Å². The van der Waals surface area contributed by atoms with Crippen molar-refractivity contribution in [2.24, 2.45) is 0 Å². The molecule has 5 nitrogen and oxygen atoms in total. The number of anilines is 1. The van der Waals surface area contributed by atoms with E-state index in [1.807, 2.05) is 0 Å². The molecule has 23 heavy (non-hydrogen) atoms. The zero-order chi connectivity index (χ0) is 16.2. The first kappa shape index (κ1) is 15.3. The first-order valence-electron chi connectivity index (χ1n) is 6.95. The van der Waals surface area contributed by atoms with Gasteiger partial charge < -0.3 is 10.1 Å². The molecule has 0 aliphatic rings. The van der Waals surface area contributed by atoms with Gasteiger partial charge in [-0.05, 0) is 43.3 Å². The van der Waals surface area contributed by atoms with Gasteiger partial charge in [0, 0.05) is 17.1 Å². The minimum atomic E-state index is -0.314. The number of ether oxygens (including phenoxy) is 1. The van der Waals surface area contributed by atoms with Crippen LogP contribution in [0.3, 0.4) is 0 Å². The van der Waals surface area contributed by atoms with Gasteiger partial charge in [-0.3, -0.25) is 0 Å². The van der Waals surface area contributed by atoms with Crippen LogP contribution in [0.15, 0.2) is 42.5 Å². The third-order valence-corrected chi connectivity index (χ3v) is 3.50. The van der Waals surface area contributed by atoms with Crippen LogP contribution in [0.1, 0.15) is 11.4 Å². The summed E-state index contributed by atoms with van der Waals surface area (Å²) >= 11 is 6.27. The highest BCUT2D eigenvalue weighted by Gasteiger charge is 2.10. The van der Waals surface area contributed by atoms with Crippen LogP contribution in [-0.2, 0) is 6.54 Å². The Bertz CT molecular complexity index is 804. The summed E-state index contributed by atoms with van der Waals surface area (Å²) in [5.74, 6) is 2.01. The maximum atomic E-state index is 13.0. The summed E-state index contributed by atoms with van der Waals surface area (Å²) in [5.41, 5.74) is 0.771. The number of aromatic amines is 1. The largest absolute Gasteiger partial charge is 0.457 e. The van der Waals surface area contributed by atoms with E-state index in [-0.39, 0.29) is 5.82 Å². The first-order valence-corrected chi connectivity index (χ1v) is 7.33. The van der Waals surface area contributed by atoms with Crippen LogP contribution >= 0.6 is 11.6 Å². The Morgan fingerprint density at radius 2 is 2.00 bits per heavy atom. The molecular weight excluding hydrogens is 319 g/mol. The lowest BCUT2D eigenvalue weighted by Crippen LogP contribution is -2.03. The van der Waals surface area contributed by atoms with Crippen molar-refractivity contribution in [3.05, 3.63) is 64.7 Å². The lowest BCUT2D eigenvalue weighted by molar-refractivity contribution is 0.475. The quantitative estimate of drug-likeness (QED) is 0.730. The fraction of sp³-hybridized carbons (Fsp3) is 0.125. The number of benzene rings is 2. The molecule has 3 aromatic rings. The van der Waals surface area contributed by atoms with Crippen molar-refractivity contribution in [3.63, 3.8) is 0 Å². The van der Waals surface area contributed by atoms with Crippen LogP contribution < -0.4 is 10.1 Å². The van der Waals surface area contributed by atoms with Gasteiger partial charge in [0.1, 0.15) is 23.1 Å². The molecule has 2 aromatic carbocycles. The molecule has 0 amide bonds. The molecule has 0 radical (unpaired) electrons. The third kappa shape index (κ3) is 3.78. The Balaban J connectivity index is 1.80. The van der Waals surface area contributed by atoms with Crippen LogP contribution in [0, 0.1) is 12.7 Å². The Morgan fingerprint density at radius 1 is 1.22 bits per heavy atom. The molecule has 0 aliphatic heterocycles. The maximum absolute atomic E-state index is 13.0. The molecule has 0 saturated heterocycles. The summed E-state index contributed by atoms with van der Waals surface area (Å²) in [6, 6.07) is 11.2. The van der Waals surface area contributed by atoms with Gasteiger partial charge in [0.2, 0.25) is 5.95 Å². The van der Waals surface area contributed by atoms with Crippen molar-refractivity contribution in [1.29, 1.82) is 0 Å². The second-order valence-corrected chi connectivity index (χ2v) is 5.26. The molecule has 1 aromatic heterocycles. The highest BCUT2D eigenvalue weighted by molar-refractivity contribution is 6.31.